The molecule has 5 nitrogen and oxygen atoms in total. The van der Waals surface area contributed by atoms with Crippen molar-refractivity contribution < 1.29 is 9.47 Å². The molecule has 19 heavy (non-hydrogen) atoms. The van der Waals surface area contributed by atoms with Crippen LogP contribution in [0.5, 0.6) is 11.5 Å². The van der Waals surface area contributed by atoms with Gasteiger partial charge in [-0.25, -0.2) is 4.98 Å². The first-order chi connectivity index (χ1) is 9.28. The number of imidazole rings is 1. The SMILES string of the molecule is CCn1ccnc1NCc1ccc(OC)c(OC)c1. The van der Waals surface area contributed by atoms with Gasteiger partial charge in [0.2, 0.25) is 5.95 Å². The summed E-state index contributed by atoms with van der Waals surface area (Å²) in [5.74, 6) is 2.35. The monoisotopic (exact) mass is 261 g/mol. The highest BCUT2D eigenvalue weighted by Crippen LogP contribution is 2.27. The Kier molecular flexibility index (Phi) is 4.28. The number of rotatable bonds is 6. The van der Waals surface area contributed by atoms with E-state index in [0.717, 1.165) is 29.6 Å². The number of hydrogen-bond donors (Lipinski definition) is 1. The van der Waals surface area contributed by atoms with E-state index in [1.165, 1.54) is 0 Å². The Morgan fingerprint density at radius 3 is 2.68 bits per heavy atom. The molecule has 0 aliphatic heterocycles. The Morgan fingerprint density at radius 1 is 1.21 bits per heavy atom. The normalized spacial score (nSPS) is 10.3. The number of methoxy groups -OCH3 is 2. The van der Waals surface area contributed by atoms with E-state index in [4.69, 9.17) is 9.47 Å². The molecule has 0 amide bonds. The third-order valence-corrected chi connectivity index (χ3v) is 2.95. The third kappa shape index (κ3) is 2.99. The lowest BCUT2D eigenvalue weighted by molar-refractivity contribution is 0.354. The minimum atomic E-state index is 0.692. The second-order valence-corrected chi connectivity index (χ2v) is 4.08. The molecule has 0 radical (unpaired) electrons. The molecule has 0 spiro atoms. The summed E-state index contributed by atoms with van der Waals surface area (Å²) < 4.78 is 12.6. The summed E-state index contributed by atoms with van der Waals surface area (Å²) in [6.45, 7) is 3.68. The van der Waals surface area contributed by atoms with Crippen LogP contribution in [-0.4, -0.2) is 23.8 Å². The summed E-state index contributed by atoms with van der Waals surface area (Å²) in [4.78, 5) is 4.27. The summed E-state index contributed by atoms with van der Waals surface area (Å²) in [5.41, 5.74) is 1.11. The fraction of sp³-hybridized carbons (Fsp3) is 0.357. The zero-order valence-corrected chi connectivity index (χ0v) is 11.5. The quantitative estimate of drug-likeness (QED) is 0.868. The lowest BCUT2D eigenvalue weighted by Gasteiger charge is -2.11. The van der Waals surface area contributed by atoms with Crippen molar-refractivity contribution in [3.8, 4) is 11.5 Å². The molecule has 1 N–H and O–H groups in total. The Bertz CT molecular complexity index is 537. The van der Waals surface area contributed by atoms with Gasteiger partial charge in [-0.05, 0) is 24.6 Å². The minimum absolute atomic E-state index is 0.692. The molecule has 1 aromatic heterocycles. The fourth-order valence-electron chi connectivity index (χ4n) is 1.90. The predicted octanol–water partition coefficient (Wildman–Crippen LogP) is 2.53. The smallest absolute Gasteiger partial charge is 0.203 e. The highest BCUT2D eigenvalue weighted by atomic mass is 16.5. The van der Waals surface area contributed by atoms with Crippen molar-refractivity contribution in [2.24, 2.45) is 0 Å². The molecule has 0 unspecified atom stereocenters. The zero-order valence-electron chi connectivity index (χ0n) is 11.5. The van der Waals surface area contributed by atoms with Crippen LogP contribution in [-0.2, 0) is 13.1 Å². The number of nitrogens with one attached hydrogen (secondary N) is 1. The number of aryl methyl sites for hydroxylation is 1. The molecule has 0 aliphatic carbocycles. The predicted molar refractivity (Wildman–Crippen MR) is 74.8 cm³/mol. The summed E-state index contributed by atoms with van der Waals surface area (Å²) in [6.07, 6.45) is 3.75. The highest BCUT2D eigenvalue weighted by molar-refractivity contribution is 5.43. The number of aromatic nitrogens is 2. The number of anilines is 1. The molecule has 0 bridgehead atoms. The number of hydrogen-bond acceptors (Lipinski definition) is 4. The van der Waals surface area contributed by atoms with Crippen molar-refractivity contribution in [2.75, 3.05) is 19.5 Å². The Morgan fingerprint density at radius 2 is 2.00 bits per heavy atom. The second-order valence-electron chi connectivity index (χ2n) is 4.08. The average molecular weight is 261 g/mol. The maximum atomic E-state index is 5.29. The van der Waals surface area contributed by atoms with E-state index in [9.17, 15) is 0 Å². The third-order valence-electron chi connectivity index (χ3n) is 2.95. The van der Waals surface area contributed by atoms with Crippen LogP contribution >= 0.6 is 0 Å². The van der Waals surface area contributed by atoms with E-state index in [2.05, 4.69) is 21.8 Å². The van der Waals surface area contributed by atoms with Crippen molar-refractivity contribution in [3.05, 3.63) is 36.2 Å². The van der Waals surface area contributed by atoms with Gasteiger partial charge in [0.1, 0.15) is 0 Å². The molecular formula is C14H19N3O2. The Hall–Kier alpha value is -2.17. The van der Waals surface area contributed by atoms with E-state index in [1.807, 2.05) is 24.4 Å². The number of ether oxygens (including phenoxy) is 2. The van der Waals surface area contributed by atoms with Crippen LogP contribution in [0.1, 0.15) is 12.5 Å². The van der Waals surface area contributed by atoms with Gasteiger partial charge in [-0.2, -0.15) is 0 Å². The van der Waals surface area contributed by atoms with Crippen LogP contribution in [0.25, 0.3) is 0 Å². The first kappa shape index (κ1) is 13.3. The van der Waals surface area contributed by atoms with Crippen LogP contribution in [0.15, 0.2) is 30.6 Å². The lowest BCUT2D eigenvalue weighted by atomic mass is 10.2. The van der Waals surface area contributed by atoms with Crippen LogP contribution in [0.2, 0.25) is 0 Å². The van der Waals surface area contributed by atoms with E-state index in [0.29, 0.717) is 6.54 Å². The van der Waals surface area contributed by atoms with Crippen molar-refractivity contribution in [2.45, 2.75) is 20.0 Å². The molecule has 2 rings (SSSR count). The molecule has 0 fully saturated rings. The van der Waals surface area contributed by atoms with Gasteiger partial charge in [-0.3, -0.25) is 0 Å². The van der Waals surface area contributed by atoms with Gasteiger partial charge in [0.05, 0.1) is 14.2 Å². The van der Waals surface area contributed by atoms with Gasteiger partial charge in [0, 0.05) is 25.5 Å². The largest absolute Gasteiger partial charge is 0.493 e. The Labute approximate surface area is 113 Å². The molecule has 0 aliphatic rings. The van der Waals surface area contributed by atoms with Crippen LogP contribution < -0.4 is 14.8 Å². The van der Waals surface area contributed by atoms with Gasteiger partial charge < -0.3 is 19.4 Å². The van der Waals surface area contributed by atoms with Crippen molar-refractivity contribution >= 4 is 5.95 Å². The highest BCUT2D eigenvalue weighted by Gasteiger charge is 2.05. The van der Waals surface area contributed by atoms with Crippen LogP contribution in [0.3, 0.4) is 0 Å². The van der Waals surface area contributed by atoms with E-state index in [-0.39, 0.29) is 0 Å². The van der Waals surface area contributed by atoms with Crippen molar-refractivity contribution in [3.63, 3.8) is 0 Å². The molecule has 2 aromatic rings. The van der Waals surface area contributed by atoms with E-state index < -0.39 is 0 Å². The maximum Gasteiger partial charge on any atom is 0.203 e. The topological polar surface area (TPSA) is 48.3 Å². The van der Waals surface area contributed by atoms with E-state index >= 15 is 0 Å². The summed E-state index contributed by atoms with van der Waals surface area (Å²) in [5, 5.41) is 3.30. The van der Waals surface area contributed by atoms with Gasteiger partial charge in [0.25, 0.3) is 0 Å². The van der Waals surface area contributed by atoms with E-state index in [1.54, 1.807) is 20.4 Å². The summed E-state index contributed by atoms with van der Waals surface area (Å²) >= 11 is 0. The fourth-order valence-corrected chi connectivity index (χ4v) is 1.90. The van der Waals surface area contributed by atoms with Gasteiger partial charge in [0.15, 0.2) is 11.5 Å². The summed E-state index contributed by atoms with van der Waals surface area (Å²) in [7, 11) is 3.27. The van der Waals surface area contributed by atoms with Gasteiger partial charge in [-0.1, -0.05) is 6.07 Å². The molecule has 0 saturated carbocycles. The van der Waals surface area contributed by atoms with Crippen LogP contribution in [0.4, 0.5) is 5.95 Å². The van der Waals surface area contributed by atoms with Crippen molar-refractivity contribution in [1.82, 2.24) is 9.55 Å². The molecule has 102 valence electrons. The molecule has 0 saturated heterocycles. The number of benzene rings is 1. The lowest BCUT2D eigenvalue weighted by Crippen LogP contribution is -2.06. The Balaban J connectivity index is 2.07. The van der Waals surface area contributed by atoms with Crippen LogP contribution in [0, 0.1) is 0 Å². The first-order valence-electron chi connectivity index (χ1n) is 6.24. The molecule has 0 atom stereocenters. The standard InChI is InChI=1S/C14H19N3O2/c1-4-17-8-7-15-14(17)16-10-11-5-6-12(18-2)13(9-11)19-3/h5-9H,4,10H2,1-3H3,(H,15,16). The van der Waals surface area contributed by atoms with Crippen molar-refractivity contribution in [1.29, 1.82) is 0 Å². The zero-order chi connectivity index (χ0) is 13.7. The number of nitrogens with zero attached hydrogens (tertiary/aromatic N) is 2. The second kappa shape index (κ2) is 6.13. The molecule has 5 heteroatoms. The average Bonchev–Trinajstić information content (AvgIpc) is 2.92. The molecule has 1 heterocycles. The van der Waals surface area contributed by atoms with Gasteiger partial charge >= 0.3 is 0 Å². The first-order valence-corrected chi connectivity index (χ1v) is 6.24. The minimum Gasteiger partial charge on any atom is -0.493 e. The summed E-state index contributed by atoms with van der Waals surface area (Å²) in [6, 6.07) is 5.88. The van der Waals surface area contributed by atoms with Gasteiger partial charge in [-0.15, -0.1) is 0 Å². The molecule has 1 aromatic carbocycles. The maximum absolute atomic E-state index is 5.29. The molecular weight excluding hydrogens is 242 g/mol.